The Hall–Kier alpha value is -3.31. The number of anilines is 1. The smallest absolute Gasteiger partial charge is 0.298 e. The summed E-state index contributed by atoms with van der Waals surface area (Å²) in [5.41, 5.74) is 2.39. The first kappa shape index (κ1) is 18.1. The van der Waals surface area contributed by atoms with Crippen molar-refractivity contribution in [3.8, 4) is 5.75 Å². The van der Waals surface area contributed by atoms with Crippen molar-refractivity contribution >= 4 is 34.7 Å². The van der Waals surface area contributed by atoms with E-state index in [-0.39, 0.29) is 11.1 Å². The van der Waals surface area contributed by atoms with Gasteiger partial charge in [-0.1, -0.05) is 66.7 Å². The van der Waals surface area contributed by atoms with Crippen LogP contribution in [0.4, 0.5) is 10.5 Å². The highest BCUT2D eigenvalue weighted by molar-refractivity contribution is 8.19. The van der Waals surface area contributed by atoms with E-state index in [9.17, 15) is 9.59 Å². The zero-order valence-electron chi connectivity index (χ0n) is 14.9. The van der Waals surface area contributed by atoms with Gasteiger partial charge in [0.2, 0.25) is 0 Å². The van der Waals surface area contributed by atoms with Gasteiger partial charge in [-0.3, -0.25) is 9.59 Å². The Bertz CT molecular complexity index is 1030. The van der Waals surface area contributed by atoms with Crippen molar-refractivity contribution in [1.82, 2.24) is 0 Å². The van der Waals surface area contributed by atoms with Crippen molar-refractivity contribution in [2.75, 3.05) is 4.90 Å². The molecule has 1 fully saturated rings. The topological polar surface area (TPSA) is 46.6 Å². The number of hydrogen-bond donors (Lipinski definition) is 0. The minimum Gasteiger partial charge on any atom is -0.488 e. The number of rotatable bonds is 5. The summed E-state index contributed by atoms with van der Waals surface area (Å²) in [5, 5.41) is -0.301. The highest BCUT2D eigenvalue weighted by Gasteiger charge is 2.36. The summed E-state index contributed by atoms with van der Waals surface area (Å²) in [6, 6.07) is 26.3. The summed E-state index contributed by atoms with van der Waals surface area (Å²) in [5.74, 6) is 0.344. The zero-order chi connectivity index (χ0) is 19.3. The highest BCUT2D eigenvalue weighted by Crippen LogP contribution is 2.36. The number of imide groups is 1. The highest BCUT2D eigenvalue weighted by atomic mass is 32.2. The van der Waals surface area contributed by atoms with Crippen molar-refractivity contribution in [2.24, 2.45) is 0 Å². The first-order valence-electron chi connectivity index (χ1n) is 8.81. The molecule has 2 amide bonds. The Morgan fingerprint density at radius 1 is 0.821 bits per heavy atom. The van der Waals surface area contributed by atoms with Crippen LogP contribution in [0.2, 0.25) is 0 Å². The van der Waals surface area contributed by atoms with E-state index < -0.39 is 0 Å². The number of benzene rings is 3. The van der Waals surface area contributed by atoms with Crippen molar-refractivity contribution in [1.29, 1.82) is 0 Å². The fraction of sp³-hybridized carbons (Fsp3) is 0.0435. The third kappa shape index (κ3) is 3.85. The molecule has 1 aliphatic rings. The summed E-state index contributed by atoms with van der Waals surface area (Å²) in [6.45, 7) is 0.428. The lowest BCUT2D eigenvalue weighted by Crippen LogP contribution is -2.27. The Balaban J connectivity index is 1.58. The molecule has 28 heavy (non-hydrogen) atoms. The second-order valence-corrected chi connectivity index (χ2v) is 7.16. The van der Waals surface area contributed by atoms with Crippen LogP contribution in [-0.4, -0.2) is 11.1 Å². The van der Waals surface area contributed by atoms with Gasteiger partial charge < -0.3 is 4.74 Å². The van der Waals surface area contributed by atoms with E-state index in [0.717, 1.165) is 22.9 Å². The molecule has 0 atom stereocenters. The second kappa shape index (κ2) is 8.15. The van der Waals surface area contributed by atoms with Crippen molar-refractivity contribution < 1.29 is 14.3 Å². The fourth-order valence-electron chi connectivity index (χ4n) is 2.88. The average Bonchev–Trinajstić information content (AvgIpc) is 3.02. The van der Waals surface area contributed by atoms with E-state index >= 15 is 0 Å². The Labute approximate surface area is 167 Å². The van der Waals surface area contributed by atoms with E-state index in [1.54, 1.807) is 30.3 Å². The lowest BCUT2D eigenvalue weighted by atomic mass is 10.1. The maximum absolute atomic E-state index is 12.8. The van der Waals surface area contributed by atoms with E-state index in [0.29, 0.717) is 22.9 Å². The number of ether oxygens (including phenoxy) is 1. The van der Waals surface area contributed by atoms with Crippen LogP contribution < -0.4 is 9.64 Å². The number of amides is 2. The molecule has 1 heterocycles. The summed E-state index contributed by atoms with van der Waals surface area (Å²) in [7, 11) is 0. The zero-order valence-corrected chi connectivity index (χ0v) is 15.8. The molecule has 0 aliphatic carbocycles. The number of thioether (sulfide) groups is 1. The van der Waals surface area contributed by atoms with Crippen LogP contribution in [0, 0.1) is 0 Å². The summed E-state index contributed by atoms with van der Waals surface area (Å²) in [6.07, 6.45) is 1.72. The first-order valence-corrected chi connectivity index (χ1v) is 9.63. The minimum absolute atomic E-state index is 0.301. The number of carbonyl (C=O) groups is 2. The molecular formula is C23H17NO3S. The van der Waals surface area contributed by atoms with Gasteiger partial charge in [-0.25, -0.2) is 4.90 Å². The molecule has 0 N–H and O–H groups in total. The van der Waals surface area contributed by atoms with Crippen LogP contribution in [-0.2, 0) is 11.4 Å². The average molecular weight is 387 g/mol. The SMILES string of the molecule is O=C1S/C(=C\c2ccccc2OCc2ccccc2)C(=O)N1c1ccccc1. The van der Waals surface area contributed by atoms with Gasteiger partial charge in [0.15, 0.2) is 0 Å². The van der Waals surface area contributed by atoms with Crippen LogP contribution in [0.25, 0.3) is 6.08 Å². The Kier molecular flexibility index (Phi) is 5.26. The molecule has 4 rings (SSSR count). The summed E-state index contributed by atoms with van der Waals surface area (Å²) >= 11 is 0.938. The van der Waals surface area contributed by atoms with Crippen LogP contribution in [0.5, 0.6) is 5.75 Å². The number of carbonyl (C=O) groups excluding carboxylic acids is 2. The first-order chi connectivity index (χ1) is 13.7. The summed E-state index contributed by atoms with van der Waals surface area (Å²) in [4.78, 5) is 26.7. The van der Waals surface area contributed by atoms with Crippen LogP contribution in [0.1, 0.15) is 11.1 Å². The van der Waals surface area contributed by atoms with Crippen LogP contribution in [0.15, 0.2) is 89.8 Å². The predicted octanol–water partition coefficient (Wildman–Crippen LogP) is 5.51. The molecule has 5 heteroatoms. The Morgan fingerprint density at radius 2 is 1.46 bits per heavy atom. The number of hydrogen-bond acceptors (Lipinski definition) is 4. The molecule has 3 aromatic rings. The van der Waals surface area contributed by atoms with Crippen LogP contribution in [0.3, 0.4) is 0 Å². The third-order valence-corrected chi connectivity index (χ3v) is 5.12. The molecule has 138 valence electrons. The Morgan fingerprint density at radius 3 is 2.21 bits per heavy atom. The standard InChI is InChI=1S/C23H17NO3S/c25-22-21(28-23(26)24(22)19-12-5-2-6-13-19)15-18-11-7-8-14-20(18)27-16-17-9-3-1-4-10-17/h1-15H,16H2/b21-15-. The molecule has 1 aliphatic heterocycles. The third-order valence-electron chi connectivity index (χ3n) is 4.25. The van der Waals surface area contributed by atoms with Gasteiger partial charge in [0.25, 0.3) is 11.1 Å². The molecule has 0 spiro atoms. The summed E-state index contributed by atoms with van der Waals surface area (Å²) < 4.78 is 5.94. The molecule has 0 unspecified atom stereocenters. The maximum atomic E-state index is 12.8. The van der Waals surface area contributed by atoms with Gasteiger partial charge in [0, 0.05) is 5.56 Å². The van der Waals surface area contributed by atoms with Gasteiger partial charge >= 0.3 is 0 Å². The van der Waals surface area contributed by atoms with E-state index in [4.69, 9.17) is 4.74 Å². The van der Waals surface area contributed by atoms with E-state index in [1.807, 2.05) is 60.7 Å². The predicted molar refractivity (Wildman–Crippen MR) is 112 cm³/mol. The van der Waals surface area contributed by atoms with Gasteiger partial charge in [-0.05, 0) is 41.6 Å². The van der Waals surface area contributed by atoms with Gasteiger partial charge in [0.1, 0.15) is 12.4 Å². The largest absolute Gasteiger partial charge is 0.488 e. The molecule has 0 saturated carbocycles. The maximum Gasteiger partial charge on any atom is 0.298 e. The molecule has 4 nitrogen and oxygen atoms in total. The van der Waals surface area contributed by atoms with Crippen LogP contribution >= 0.6 is 11.8 Å². The van der Waals surface area contributed by atoms with Crippen molar-refractivity contribution in [3.63, 3.8) is 0 Å². The lowest BCUT2D eigenvalue weighted by molar-refractivity contribution is -0.113. The quantitative estimate of drug-likeness (QED) is 0.542. The molecule has 3 aromatic carbocycles. The molecule has 0 aromatic heterocycles. The van der Waals surface area contributed by atoms with Crippen molar-refractivity contribution in [3.05, 3.63) is 101 Å². The second-order valence-electron chi connectivity index (χ2n) is 6.16. The van der Waals surface area contributed by atoms with E-state index in [1.165, 1.54) is 4.90 Å². The fourth-order valence-corrected chi connectivity index (χ4v) is 3.71. The number of nitrogens with zero attached hydrogens (tertiary/aromatic N) is 1. The lowest BCUT2D eigenvalue weighted by Gasteiger charge is -2.12. The van der Waals surface area contributed by atoms with Gasteiger partial charge in [0.05, 0.1) is 10.6 Å². The normalized spacial score (nSPS) is 15.3. The molecular weight excluding hydrogens is 370 g/mol. The minimum atomic E-state index is -0.320. The van der Waals surface area contributed by atoms with Gasteiger partial charge in [-0.2, -0.15) is 0 Å². The van der Waals surface area contributed by atoms with Crippen molar-refractivity contribution in [2.45, 2.75) is 6.61 Å². The molecule has 1 saturated heterocycles. The molecule has 0 bridgehead atoms. The number of para-hydroxylation sites is 2. The van der Waals surface area contributed by atoms with E-state index in [2.05, 4.69) is 0 Å². The van der Waals surface area contributed by atoms with Gasteiger partial charge in [-0.15, -0.1) is 0 Å². The molecule has 0 radical (unpaired) electrons. The monoisotopic (exact) mass is 387 g/mol.